The third-order valence-corrected chi connectivity index (χ3v) is 2.72. The number of benzene rings is 1. The summed E-state index contributed by atoms with van der Waals surface area (Å²) in [6.45, 7) is 1.38. The number of hydrogen-bond acceptors (Lipinski definition) is 4. The molecule has 0 amide bonds. The Morgan fingerprint density at radius 3 is 3.00 bits per heavy atom. The van der Waals surface area contributed by atoms with Gasteiger partial charge in [-0.2, -0.15) is 0 Å². The van der Waals surface area contributed by atoms with E-state index in [1.54, 1.807) is 6.20 Å². The maximum atomic E-state index is 8.42. The summed E-state index contributed by atoms with van der Waals surface area (Å²) in [4.78, 5) is 4.38. The highest BCUT2D eigenvalue weighted by Crippen LogP contribution is 2.15. The van der Waals surface area contributed by atoms with Crippen molar-refractivity contribution in [3.8, 4) is 0 Å². The van der Waals surface area contributed by atoms with E-state index in [1.165, 1.54) is 0 Å². The molecule has 1 aromatic heterocycles. The zero-order chi connectivity index (χ0) is 12.8. The number of pyridine rings is 1. The smallest absolute Gasteiger partial charge is 0.140 e. The van der Waals surface area contributed by atoms with Crippen LogP contribution < -0.4 is 11.1 Å². The van der Waals surface area contributed by atoms with E-state index >= 15 is 0 Å². The fourth-order valence-corrected chi connectivity index (χ4v) is 1.80. The first-order valence-electron chi connectivity index (χ1n) is 5.81. The van der Waals surface area contributed by atoms with Crippen LogP contribution in [0.3, 0.4) is 0 Å². The molecule has 94 valence electrons. The van der Waals surface area contributed by atoms with Gasteiger partial charge in [-0.05, 0) is 11.6 Å². The molecule has 1 heterocycles. The lowest BCUT2D eigenvalue weighted by molar-refractivity contribution is 0.316. The Morgan fingerprint density at radius 2 is 2.17 bits per heavy atom. The van der Waals surface area contributed by atoms with Crippen molar-refractivity contribution in [3.05, 3.63) is 42.1 Å². The number of hydrogen-bond donors (Lipinski definition) is 3. The number of oxime groups is 1. The van der Waals surface area contributed by atoms with Gasteiger partial charge in [0.1, 0.15) is 5.84 Å². The van der Waals surface area contributed by atoms with E-state index in [9.17, 15) is 0 Å². The summed E-state index contributed by atoms with van der Waals surface area (Å²) in [6.07, 6.45) is 2.32. The van der Waals surface area contributed by atoms with E-state index in [0.29, 0.717) is 19.5 Å². The van der Waals surface area contributed by atoms with Crippen molar-refractivity contribution in [1.29, 1.82) is 0 Å². The average molecular weight is 244 g/mol. The minimum atomic E-state index is 0.235. The first-order chi connectivity index (χ1) is 8.81. The van der Waals surface area contributed by atoms with Crippen LogP contribution in [0.25, 0.3) is 10.9 Å². The predicted octanol–water partition coefficient (Wildman–Crippen LogP) is 1.46. The van der Waals surface area contributed by atoms with Gasteiger partial charge in [-0.15, -0.1) is 0 Å². The van der Waals surface area contributed by atoms with Gasteiger partial charge in [0, 0.05) is 31.1 Å². The quantitative estimate of drug-likeness (QED) is 0.244. The number of nitrogens with one attached hydrogen (secondary N) is 1. The molecule has 0 aliphatic heterocycles. The summed E-state index contributed by atoms with van der Waals surface area (Å²) < 4.78 is 0. The minimum absolute atomic E-state index is 0.235. The minimum Gasteiger partial charge on any atom is -0.409 e. The Balaban J connectivity index is 1.99. The molecule has 2 rings (SSSR count). The molecule has 0 bridgehead atoms. The standard InChI is InChI=1S/C13H16N4O/c14-12(17-18)6-8-15-9-11-4-1-3-10-5-2-7-16-13(10)11/h1-5,7,15,18H,6,8-9H2,(H2,14,17). The SMILES string of the molecule is N/C(CCNCc1cccc2cccnc12)=N/O. The van der Waals surface area contributed by atoms with Crippen molar-refractivity contribution in [1.82, 2.24) is 10.3 Å². The molecule has 4 N–H and O–H groups in total. The lowest BCUT2D eigenvalue weighted by Crippen LogP contribution is -2.22. The fourth-order valence-electron chi connectivity index (χ4n) is 1.80. The van der Waals surface area contributed by atoms with Gasteiger partial charge >= 0.3 is 0 Å². The molecular formula is C13H16N4O. The monoisotopic (exact) mass is 244 g/mol. The third kappa shape index (κ3) is 2.95. The Hall–Kier alpha value is -2.14. The summed E-state index contributed by atoms with van der Waals surface area (Å²) in [7, 11) is 0. The molecule has 0 aliphatic rings. The number of para-hydroxylation sites is 1. The first kappa shape index (κ1) is 12.3. The summed E-state index contributed by atoms with van der Waals surface area (Å²) >= 11 is 0. The second-order valence-electron chi connectivity index (χ2n) is 4.01. The van der Waals surface area contributed by atoms with Crippen LogP contribution in [0, 0.1) is 0 Å². The van der Waals surface area contributed by atoms with E-state index in [0.717, 1.165) is 16.5 Å². The van der Waals surface area contributed by atoms with Crippen LogP contribution >= 0.6 is 0 Å². The van der Waals surface area contributed by atoms with E-state index in [4.69, 9.17) is 10.9 Å². The largest absolute Gasteiger partial charge is 0.409 e. The van der Waals surface area contributed by atoms with Crippen molar-refractivity contribution < 1.29 is 5.21 Å². The van der Waals surface area contributed by atoms with Gasteiger partial charge in [-0.25, -0.2) is 0 Å². The number of nitrogens with two attached hydrogens (primary N) is 1. The lowest BCUT2D eigenvalue weighted by atomic mass is 10.1. The van der Waals surface area contributed by atoms with Crippen LogP contribution in [-0.2, 0) is 6.54 Å². The summed E-state index contributed by atoms with van der Waals surface area (Å²) in [5.74, 6) is 0.235. The third-order valence-electron chi connectivity index (χ3n) is 2.72. The van der Waals surface area contributed by atoms with E-state index < -0.39 is 0 Å². The molecule has 0 saturated heterocycles. The van der Waals surface area contributed by atoms with Gasteiger partial charge in [0.25, 0.3) is 0 Å². The highest BCUT2D eigenvalue weighted by atomic mass is 16.4. The van der Waals surface area contributed by atoms with Gasteiger partial charge in [-0.3, -0.25) is 4.98 Å². The maximum absolute atomic E-state index is 8.42. The topological polar surface area (TPSA) is 83.5 Å². The Labute approximate surface area is 105 Å². The predicted molar refractivity (Wildman–Crippen MR) is 71.5 cm³/mol. The van der Waals surface area contributed by atoms with Crippen molar-refractivity contribution in [2.45, 2.75) is 13.0 Å². The first-order valence-corrected chi connectivity index (χ1v) is 5.81. The molecule has 0 fully saturated rings. The molecule has 18 heavy (non-hydrogen) atoms. The lowest BCUT2D eigenvalue weighted by Gasteiger charge is -2.07. The van der Waals surface area contributed by atoms with E-state index in [2.05, 4.69) is 15.5 Å². The molecule has 0 unspecified atom stereocenters. The van der Waals surface area contributed by atoms with Crippen LogP contribution in [0.4, 0.5) is 0 Å². The van der Waals surface area contributed by atoms with Crippen LogP contribution in [0.5, 0.6) is 0 Å². The van der Waals surface area contributed by atoms with Gasteiger partial charge in [-0.1, -0.05) is 29.4 Å². The Kier molecular flexibility index (Phi) is 4.09. The van der Waals surface area contributed by atoms with Crippen molar-refractivity contribution >= 4 is 16.7 Å². The van der Waals surface area contributed by atoms with Crippen LogP contribution in [0.2, 0.25) is 0 Å². The summed E-state index contributed by atoms with van der Waals surface area (Å²) in [5.41, 5.74) is 7.55. The van der Waals surface area contributed by atoms with Crippen molar-refractivity contribution in [2.75, 3.05) is 6.54 Å². The number of rotatable bonds is 5. The van der Waals surface area contributed by atoms with Gasteiger partial charge < -0.3 is 16.3 Å². The number of fused-ring (bicyclic) bond motifs is 1. The van der Waals surface area contributed by atoms with Gasteiger partial charge in [0.15, 0.2) is 0 Å². The van der Waals surface area contributed by atoms with E-state index in [1.807, 2.05) is 30.3 Å². The zero-order valence-electron chi connectivity index (χ0n) is 10.0. The second kappa shape index (κ2) is 5.97. The molecule has 5 nitrogen and oxygen atoms in total. The van der Waals surface area contributed by atoms with Gasteiger partial charge in [0.2, 0.25) is 0 Å². The molecule has 2 aromatic rings. The van der Waals surface area contributed by atoms with Crippen LogP contribution in [0.15, 0.2) is 41.7 Å². The number of amidine groups is 1. The Bertz CT molecular complexity index is 548. The van der Waals surface area contributed by atoms with Gasteiger partial charge in [0.05, 0.1) is 5.52 Å². The zero-order valence-corrected chi connectivity index (χ0v) is 10.0. The molecule has 1 aromatic carbocycles. The molecule has 0 radical (unpaired) electrons. The summed E-state index contributed by atoms with van der Waals surface area (Å²) in [5, 5.41) is 15.7. The summed E-state index contributed by atoms with van der Waals surface area (Å²) in [6, 6.07) is 10.1. The normalized spacial score (nSPS) is 11.9. The van der Waals surface area contributed by atoms with Crippen LogP contribution in [-0.4, -0.2) is 22.6 Å². The molecular weight excluding hydrogens is 228 g/mol. The molecule has 0 aliphatic carbocycles. The second-order valence-corrected chi connectivity index (χ2v) is 4.01. The van der Waals surface area contributed by atoms with Crippen LogP contribution in [0.1, 0.15) is 12.0 Å². The molecule has 0 saturated carbocycles. The Morgan fingerprint density at radius 1 is 1.33 bits per heavy atom. The highest BCUT2D eigenvalue weighted by molar-refractivity contribution is 5.81. The number of nitrogens with zero attached hydrogens (tertiary/aromatic N) is 2. The highest BCUT2D eigenvalue weighted by Gasteiger charge is 2.01. The average Bonchev–Trinajstić information content (AvgIpc) is 2.43. The van der Waals surface area contributed by atoms with E-state index in [-0.39, 0.29) is 5.84 Å². The molecule has 0 atom stereocenters. The fraction of sp³-hybridized carbons (Fsp3) is 0.231. The maximum Gasteiger partial charge on any atom is 0.140 e. The number of aromatic nitrogens is 1. The van der Waals surface area contributed by atoms with Crippen molar-refractivity contribution in [3.63, 3.8) is 0 Å². The molecule has 5 heteroatoms. The van der Waals surface area contributed by atoms with Crippen molar-refractivity contribution in [2.24, 2.45) is 10.9 Å². The molecule has 0 spiro atoms.